The Morgan fingerprint density at radius 2 is 1.71 bits per heavy atom. The molecule has 0 fully saturated rings. The molecule has 7 nitrogen and oxygen atoms in total. The van der Waals surface area contributed by atoms with E-state index in [2.05, 4.69) is 35.6 Å². The van der Waals surface area contributed by atoms with Crippen LogP contribution in [0.25, 0.3) is 11.5 Å². The molecule has 0 aliphatic carbocycles. The van der Waals surface area contributed by atoms with Gasteiger partial charge in [0.1, 0.15) is 5.69 Å². The largest absolute Gasteiger partial charge is 0.352 e. The Kier molecular flexibility index (Phi) is 4.81. The Morgan fingerprint density at radius 1 is 0.958 bits per heavy atom. The summed E-state index contributed by atoms with van der Waals surface area (Å²) in [5.41, 5.74) is 1.41. The fourth-order valence-corrected chi connectivity index (χ4v) is 2.12. The molecule has 0 saturated heterocycles. The van der Waals surface area contributed by atoms with Crippen molar-refractivity contribution in [3.8, 4) is 11.5 Å². The monoisotopic (exact) mass is 341 g/mol. The molecule has 0 bridgehead atoms. The highest BCUT2D eigenvalue weighted by atomic mass is 35.5. The van der Waals surface area contributed by atoms with Crippen LogP contribution in [0, 0.1) is 0 Å². The van der Waals surface area contributed by atoms with Gasteiger partial charge in [0.2, 0.25) is 11.9 Å². The second-order valence-corrected chi connectivity index (χ2v) is 5.76. The number of nitrogens with one attached hydrogen (secondary N) is 2. The molecular weight excluding hydrogens is 326 g/mol. The normalized spacial score (nSPS) is 10.7. The topological polar surface area (TPSA) is 88.5 Å². The molecular formula is C16H16ClN7. The second-order valence-electron chi connectivity index (χ2n) is 5.33. The van der Waals surface area contributed by atoms with E-state index in [9.17, 15) is 0 Å². The standard InChI is InChI=1S/C16H16ClN7/c1-10(2)20-15-22-14(13-9-11(17)3-8-19-13)23-16(24-15)21-12-4-6-18-7-5-12/h3-10H,1-2H3,(H2,18,20,21,22,23,24). The van der Waals surface area contributed by atoms with E-state index in [0.717, 1.165) is 5.69 Å². The Bertz CT molecular complexity index is 824. The van der Waals surface area contributed by atoms with Gasteiger partial charge in [-0.3, -0.25) is 9.97 Å². The lowest BCUT2D eigenvalue weighted by molar-refractivity contribution is 0.869. The summed E-state index contributed by atoms with van der Waals surface area (Å²) in [7, 11) is 0. The summed E-state index contributed by atoms with van der Waals surface area (Å²) in [6.07, 6.45) is 5.00. The van der Waals surface area contributed by atoms with Crippen molar-refractivity contribution in [3.63, 3.8) is 0 Å². The fraction of sp³-hybridized carbons (Fsp3) is 0.188. The highest BCUT2D eigenvalue weighted by Crippen LogP contribution is 2.21. The van der Waals surface area contributed by atoms with E-state index in [4.69, 9.17) is 11.6 Å². The average Bonchev–Trinajstić information content (AvgIpc) is 2.55. The number of halogens is 1. The van der Waals surface area contributed by atoms with Gasteiger partial charge in [0, 0.05) is 35.3 Å². The van der Waals surface area contributed by atoms with E-state index in [1.54, 1.807) is 30.7 Å². The third kappa shape index (κ3) is 4.14. The number of pyridine rings is 2. The molecule has 3 aromatic heterocycles. The summed E-state index contributed by atoms with van der Waals surface area (Å²) in [6.45, 7) is 4.02. The summed E-state index contributed by atoms with van der Waals surface area (Å²) in [5, 5.41) is 6.89. The maximum Gasteiger partial charge on any atom is 0.232 e. The van der Waals surface area contributed by atoms with Gasteiger partial charge >= 0.3 is 0 Å². The van der Waals surface area contributed by atoms with Crippen molar-refractivity contribution >= 4 is 29.2 Å². The molecule has 8 heteroatoms. The minimum absolute atomic E-state index is 0.182. The third-order valence-electron chi connectivity index (χ3n) is 2.94. The van der Waals surface area contributed by atoms with Gasteiger partial charge in [0.05, 0.1) is 0 Å². The van der Waals surface area contributed by atoms with Crippen molar-refractivity contribution in [1.29, 1.82) is 0 Å². The van der Waals surface area contributed by atoms with E-state index in [1.807, 2.05) is 26.0 Å². The van der Waals surface area contributed by atoms with Gasteiger partial charge in [-0.25, -0.2) is 0 Å². The molecule has 3 rings (SSSR count). The summed E-state index contributed by atoms with van der Waals surface area (Å²) < 4.78 is 0. The molecule has 0 aromatic carbocycles. The Hall–Kier alpha value is -2.80. The predicted octanol–water partition coefficient (Wildman–Crippen LogP) is 3.55. The van der Waals surface area contributed by atoms with Crippen LogP contribution in [0.3, 0.4) is 0 Å². The van der Waals surface area contributed by atoms with E-state index < -0.39 is 0 Å². The first-order valence-electron chi connectivity index (χ1n) is 7.42. The number of nitrogens with zero attached hydrogens (tertiary/aromatic N) is 5. The molecule has 0 radical (unpaired) electrons. The smallest absolute Gasteiger partial charge is 0.232 e. The Balaban J connectivity index is 2.00. The number of rotatable bonds is 5. The molecule has 0 amide bonds. The zero-order valence-electron chi connectivity index (χ0n) is 13.2. The molecule has 24 heavy (non-hydrogen) atoms. The lowest BCUT2D eigenvalue weighted by atomic mass is 10.3. The van der Waals surface area contributed by atoms with Crippen LogP contribution in [-0.2, 0) is 0 Å². The van der Waals surface area contributed by atoms with Gasteiger partial charge in [-0.2, -0.15) is 15.0 Å². The molecule has 122 valence electrons. The molecule has 0 unspecified atom stereocenters. The minimum atomic E-state index is 0.182. The van der Waals surface area contributed by atoms with Crippen LogP contribution in [0.15, 0.2) is 42.9 Å². The summed E-state index contributed by atoms with van der Waals surface area (Å²) >= 11 is 6.04. The van der Waals surface area contributed by atoms with Crippen molar-refractivity contribution in [2.45, 2.75) is 19.9 Å². The molecule has 0 spiro atoms. The first kappa shape index (κ1) is 16.1. The van der Waals surface area contributed by atoms with Gasteiger partial charge in [-0.15, -0.1) is 0 Å². The maximum atomic E-state index is 6.04. The van der Waals surface area contributed by atoms with Crippen LogP contribution < -0.4 is 10.6 Å². The van der Waals surface area contributed by atoms with Crippen LogP contribution in [0.1, 0.15) is 13.8 Å². The van der Waals surface area contributed by atoms with Gasteiger partial charge < -0.3 is 10.6 Å². The molecule has 3 heterocycles. The number of aromatic nitrogens is 5. The maximum absolute atomic E-state index is 6.04. The zero-order valence-corrected chi connectivity index (χ0v) is 14.0. The zero-order chi connectivity index (χ0) is 16.9. The molecule has 3 aromatic rings. The van der Waals surface area contributed by atoms with Crippen LogP contribution in [0.2, 0.25) is 5.02 Å². The highest BCUT2D eigenvalue weighted by molar-refractivity contribution is 6.30. The van der Waals surface area contributed by atoms with Crippen molar-refractivity contribution < 1.29 is 0 Å². The van der Waals surface area contributed by atoms with Gasteiger partial charge in [0.15, 0.2) is 5.82 Å². The fourth-order valence-electron chi connectivity index (χ4n) is 1.96. The van der Waals surface area contributed by atoms with Crippen molar-refractivity contribution in [1.82, 2.24) is 24.9 Å². The van der Waals surface area contributed by atoms with Crippen molar-refractivity contribution in [2.75, 3.05) is 10.6 Å². The van der Waals surface area contributed by atoms with Gasteiger partial charge in [-0.05, 0) is 38.1 Å². The summed E-state index contributed by atoms with van der Waals surface area (Å²) in [4.78, 5) is 21.5. The van der Waals surface area contributed by atoms with Crippen LogP contribution >= 0.6 is 11.6 Å². The SMILES string of the molecule is CC(C)Nc1nc(Nc2ccncc2)nc(-c2cc(Cl)ccn2)n1. The quantitative estimate of drug-likeness (QED) is 0.733. The summed E-state index contributed by atoms with van der Waals surface area (Å²) in [5.74, 6) is 1.32. The first-order valence-corrected chi connectivity index (χ1v) is 7.79. The van der Waals surface area contributed by atoms with Crippen LogP contribution in [0.5, 0.6) is 0 Å². The van der Waals surface area contributed by atoms with E-state index in [1.165, 1.54) is 0 Å². The van der Waals surface area contributed by atoms with Crippen molar-refractivity contribution in [3.05, 3.63) is 47.9 Å². The van der Waals surface area contributed by atoms with Crippen molar-refractivity contribution in [2.24, 2.45) is 0 Å². The predicted molar refractivity (Wildman–Crippen MR) is 94.3 cm³/mol. The number of hydrogen-bond donors (Lipinski definition) is 2. The first-order chi connectivity index (χ1) is 11.6. The number of anilines is 3. The lowest BCUT2D eigenvalue weighted by Crippen LogP contribution is -2.14. The summed E-state index contributed by atoms with van der Waals surface area (Å²) in [6, 6.07) is 7.26. The van der Waals surface area contributed by atoms with Crippen LogP contribution in [0.4, 0.5) is 17.6 Å². The second kappa shape index (κ2) is 7.18. The third-order valence-corrected chi connectivity index (χ3v) is 3.18. The van der Waals surface area contributed by atoms with Gasteiger partial charge in [-0.1, -0.05) is 11.6 Å². The minimum Gasteiger partial charge on any atom is -0.352 e. The molecule has 0 aliphatic heterocycles. The average molecular weight is 342 g/mol. The van der Waals surface area contributed by atoms with Gasteiger partial charge in [0.25, 0.3) is 0 Å². The highest BCUT2D eigenvalue weighted by Gasteiger charge is 2.11. The molecule has 0 aliphatic rings. The Labute approximate surface area is 144 Å². The van der Waals surface area contributed by atoms with E-state index in [0.29, 0.717) is 28.4 Å². The molecule has 2 N–H and O–H groups in total. The molecule has 0 saturated carbocycles. The van der Waals surface area contributed by atoms with Crippen LogP contribution in [-0.4, -0.2) is 31.0 Å². The van der Waals surface area contributed by atoms with E-state index >= 15 is 0 Å². The Morgan fingerprint density at radius 3 is 2.42 bits per heavy atom. The lowest BCUT2D eigenvalue weighted by Gasteiger charge is -2.12. The molecule has 0 atom stereocenters. The van der Waals surface area contributed by atoms with E-state index in [-0.39, 0.29) is 6.04 Å². The number of hydrogen-bond acceptors (Lipinski definition) is 7.